The molecule has 0 aromatic heterocycles. The summed E-state index contributed by atoms with van der Waals surface area (Å²) in [4.78, 5) is 14.7. The van der Waals surface area contributed by atoms with Crippen LogP contribution in [0.2, 0.25) is 5.02 Å². The number of hydrogen-bond donors (Lipinski definition) is 2. The topological polar surface area (TPSA) is 58.4 Å². The second-order valence-electron chi connectivity index (χ2n) is 4.10. The highest BCUT2D eigenvalue weighted by atomic mass is 35.5. The van der Waals surface area contributed by atoms with Gasteiger partial charge in [0.15, 0.2) is 0 Å². The summed E-state index contributed by atoms with van der Waals surface area (Å²) in [5.74, 6) is 0.561. The zero-order chi connectivity index (χ0) is 13.0. The van der Waals surface area contributed by atoms with Crippen LogP contribution in [0, 0.1) is 0 Å². The van der Waals surface area contributed by atoms with Crippen LogP contribution in [0.15, 0.2) is 23.1 Å². The summed E-state index contributed by atoms with van der Waals surface area (Å²) in [6, 6.07) is 5.31. The lowest BCUT2D eigenvalue weighted by atomic mass is 10.3. The highest BCUT2D eigenvalue weighted by Gasteiger charge is 2.16. The van der Waals surface area contributed by atoms with Crippen molar-refractivity contribution in [3.8, 4) is 0 Å². The van der Waals surface area contributed by atoms with Crippen LogP contribution in [-0.4, -0.2) is 42.7 Å². The molecule has 0 aliphatic carbocycles. The van der Waals surface area contributed by atoms with Crippen molar-refractivity contribution >= 4 is 35.0 Å². The Morgan fingerprint density at radius 2 is 2.17 bits per heavy atom. The van der Waals surface area contributed by atoms with Gasteiger partial charge in [0.2, 0.25) is 5.91 Å². The van der Waals surface area contributed by atoms with E-state index in [1.165, 1.54) is 11.8 Å². The molecule has 3 N–H and O–H groups in total. The quantitative estimate of drug-likeness (QED) is 0.652. The third-order valence-corrected chi connectivity index (χ3v) is 4.09. The van der Waals surface area contributed by atoms with Crippen LogP contribution in [0.5, 0.6) is 0 Å². The van der Waals surface area contributed by atoms with Crippen LogP contribution in [0.25, 0.3) is 0 Å². The van der Waals surface area contributed by atoms with Crippen molar-refractivity contribution < 1.29 is 4.79 Å². The summed E-state index contributed by atoms with van der Waals surface area (Å²) in [6.07, 6.45) is 0. The second kappa shape index (κ2) is 6.31. The van der Waals surface area contributed by atoms with E-state index < -0.39 is 0 Å². The van der Waals surface area contributed by atoms with Gasteiger partial charge >= 0.3 is 0 Å². The molecule has 0 unspecified atom stereocenters. The predicted molar refractivity (Wildman–Crippen MR) is 76.0 cm³/mol. The van der Waals surface area contributed by atoms with E-state index in [1.54, 1.807) is 18.2 Å². The molecule has 1 saturated heterocycles. The van der Waals surface area contributed by atoms with Crippen LogP contribution in [0.1, 0.15) is 0 Å². The predicted octanol–water partition coefficient (Wildman–Crippen LogP) is 1.45. The van der Waals surface area contributed by atoms with Crippen molar-refractivity contribution in [1.29, 1.82) is 0 Å². The number of rotatable bonds is 3. The molecule has 0 spiro atoms. The van der Waals surface area contributed by atoms with Gasteiger partial charge in [-0.05, 0) is 18.2 Å². The molecule has 98 valence electrons. The lowest BCUT2D eigenvalue weighted by Gasteiger charge is -2.27. The molecule has 1 aliphatic heterocycles. The smallest absolute Gasteiger partial charge is 0.233 e. The number of piperazine rings is 1. The molecule has 4 nitrogen and oxygen atoms in total. The van der Waals surface area contributed by atoms with Crippen LogP contribution < -0.4 is 11.1 Å². The van der Waals surface area contributed by atoms with E-state index in [9.17, 15) is 4.79 Å². The second-order valence-corrected chi connectivity index (χ2v) is 5.56. The Balaban J connectivity index is 1.90. The number of nitrogen functional groups attached to an aromatic ring is 1. The van der Waals surface area contributed by atoms with Gasteiger partial charge in [-0.1, -0.05) is 11.6 Å². The normalized spacial score (nSPS) is 15.7. The van der Waals surface area contributed by atoms with Crippen molar-refractivity contribution in [2.24, 2.45) is 0 Å². The van der Waals surface area contributed by atoms with Gasteiger partial charge in [-0.25, -0.2) is 0 Å². The number of carbonyl (C=O) groups is 1. The Kier molecular flexibility index (Phi) is 4.74. The number of nitrogens with two attached hydrogens (primary N) is 1. The standard InChI is InChI=1S/C12H16ClN3OS/c13-9-1-2-10(14)11(7-9)18-8-12(17)16-5-3-15-4-6-16/h1-2,7,15H,3-6,8,14H2. The minimum Gasteiger partial charge on any atom is -0.398 e. The van der Waals surface area contributed by atoms with Gasteiger partial charge in [0, 0.05) is 41.8 Å². The maximum Gasteiger partial charge on any atom is 0.233 e. The Morgan fingerprint density at radius 3 is 2.89 bits per heavy atom. The molecule has 2 rings (SSSR count). The van der Waals surface area contributed by atoms with Crippen LogP contribution >= 0.6 is 23.4 Å². The first kappa shape index (κ1) is 13.5. The highest BCUT2D eigenvalue weighted by Crippen LogP contribution is 2.28. The van der Waals surface area contributed by atoms with E-state index in [0.717, 1.165) is 31.1 Å². The molecule has 1 fully saturated rings. The molecule has 1 heterocycles. The Morgan fingerprint density at radius 1 is 1.44 bits per heavy atom. The lowest BCUT2D eigenvalue weighted by Crippen LogP contribution is -2.47. The van der Waals surface area contributed by atoms with Crippen molar-refractivity contribution in [3.05, 3.63) is 23.2 Å². The number of halogens is 1. The van der Waals surface area contributed by atoms with Gasteiger partial charge in [0.25, 0.3) is 0 Å². The zero-order valence-electron chi connectivity index (χ0n) is 9.99. The maximum absolute atomic E-state index is 12.0. The van der Waals surface area contributed by atoms with Crippen LogP contribution in [-0.2, 0) is 4.79 Å². The monoisotopic (exact) mass is 285 g/mol. The number of hydrogen-bond acceptors (Lipinski definition) is 4. The summed E-state index contributed by atoms with van der Waals surface area (Å²) in [5.41, 5.74) is 6.50. The number of nitrogens with zero attached hydrogens (tertiary/aromatic N) is 1. The first-order chi connectivity index (χ1) is 8.66. The summed E-state index contributed by atoms with van der Waals surface area (Å²) in [5, 5.41) is 3.86. The Hall–Kier alpha value is -0.910. The minimum atomic E-state index is 0.154. The molecular weight excluding hydrogens is 270 g/mol. The number of anilines is 1. The maximum atomic E-state index is 12.0. The summed E-state index contributed by atoms with van der Waals surface area (Å²) < 4.78 is 0. The van der Waals surface area contributed by atoms with Crippen molar-refractivity contribution in [1.82, 2.24) is 10.2 Å². The average molecular weight is 286 g/mol. The van der Waals surface area contributed by atoms with Crippen molar-refractivity contribution in [2.75, 3.05) is 37.7 Å². The molecule has 1 aromatic rings. The molecule has 1 aliphatic rings. The first-order valence-electron chi connectivity index (χ1n) is 5.83. The summed E-state index contributed by atoms with van der Waals surface area (Å²) >= 11 is 7.35. The molecule has 18 heavy (non-hydrogen) atoms. The molecule has 0 radical (unpaired) electrons. The van der Waals surface area contributed by atoms with E-state index in [4.69, 9.17) is 17.3 Å². The molecule has 6 heteroatoms. The fourth-order valence-corrected chi connectivity index (χ4v) is 2.92. The van der Waals surface area contributed by atoms with Gasteiger partial charge in [-0.2, -0.15) is 0 Å². The van der Waals surface area contributed by atoms with Crippen molar-refractivity contribution in [3.63, 3.8) is 0 Å². The average Bonchev–Trinajstić information content (AvgIpc) is 2.40. The SMILES string of the molecule is Nc1ccc(Cl)cc1SCC(=O)N1CCNCC1. The van der Waals surface area contributed by atoms with E-state index >= 15 is 0 Å². The number of nitrogens with one attached hydrogen (secondary N) is 1. The van der Waals surface area contributed by atoms with Crippen LogP contribution in [0.4, 0.5) is 5.69 Å². The van der Waals surface area contributed by atoms with Gasteiger partial charge < -0.3 is 16.0 Å². The molecule has 0 atom stereocenters. The Bertz CT molecular complexity index is 435. The molecular formula is C12H16ClN3OS. The zero-order valence-corrected chi connectivity index (χ0v) is 11.6. The van der Waals surface area contributed by atoms with Gasteiger partial charge in [0.1, 0.15) is 0 Å². The minimum absolute atomic E-state index is 0.154. The van der Waals surface area contributed by atoms with Gasteiger partial charge in [-0.15, -0.1) is 11.8 Å². The number of benzene rings is 1. The largest absolute Gasteiger partial charge is 0.398 e. The van der Waals surface area contributed by atoms with Gasteiger partial charge in [-0.3, -0.25) is 4.79 Å². The fraction of sp³-hybridized carbons (Fsp3) is 0.417. The number of thioether (sulfide) groups is 1. The van der Waals surface area contributed by atoms with E-state index in [1.807, 2.05) is 4.90 Å². The molecule has 0 bridgehead atoms. The van der Waals surface area contributed by atoms with E-state index in [0.29, 0.717) is 16.5 Å². The Labute approximate surface area is 116 Å². The number of carbonyl (C=O) groups excluding carboxylic acids is 1. The lowest BCUT2D eigenvalue weighted by molar-refractivity contribution is -0.128. The van der Waals surface area contributed by atoms with Crippen LogP contribution in [0.3, 0.4) is 0 Å². The molecule has 1 aromatic carbocycles. The van der Waals surface area contributed by atoms with Crippen molar-refractivity contribution in [2.45, 2.75) is 4.90 Å². The summed E-state index contributed by atoms with van der Waals surface area (Å²) in [6.45, 7) is 3.31. The molecule has 0 saturated carbocycles. The summed E-state index contributed by atoms with van der Waals surface area (Å²) in [7, 11) is 0. The first-order valence-corrected chi connectivity index (χ1v) is 7.19. The molecule has 1 amide bonds. The fourth-order valence-electron chi connectivity index (χ4n) is 1.78. The van der Waals surface area contributed by atoms with Gasteiger partial charge in [0.05, 0.1) is 5.75 Å². The third-order valence-electron chi connectivity index (χ3n) is 2.80. The third kappa shape index (κ3) is 3.54. The van der Waals surface area contributed by atoms with E-state index in [-0.39, 0.29) is 5.91 Å². The highest BCUT2D eigenvalue weighted by molar-refractivity contribution is 8.00. The number of amides is 1. The van der Waals surface area contributed by atoms with E-state index in [2.05, 4.69) is 5.32 Å².